The minimum Gasteiger partial charge on any atom is -0.494 e. The molecule has 2 aliphatic heterocycles. The second-order valence-corrected chi connectivity index (χ2v) is 6.47. The van der Waals surface area contributed by atoms with Crippen molar-refractivity contribution >= 4 is 5.91 Å². The van der Waals surface area contributed by atoms with Crippen LogP contribution in [0.5, 0.6) is 5.75 Å². The number of rotatable bonds is 5. The summed E-state index contributed by atoms with van der Waals surface area (Å²) in [5, 5.41) is 3.45. The molecule has 4 heteroatoms. The lowest BCUT2D eigenvalue weighted by atomic mass is 10.1. The van der Waals surface area contributed by atoms with Crippen molar-refractivity contribution in [1.29, 1.82) is 0 Å². The summed E-state index contributed by atoms with van der Waals surface area (Å²) in [5.41, 5.74) is 0. The van der Waals surface area contributed by atoms with Crippen LogP contribution >= 0.6 is 0 Å². The van der Waals surface area contributed by atoms with Gasteiger partial charge in [-0.05, 0) is 44.4 Å². The monoisotopic (exact) mass is 302 g/mol. The molecule has 3 rings (SSSR count). The molecule has 2 heterocycles. The van der Waals surface area contributed by atoms with E-state index in [0.29, 0.717) is 24.6 Å². The van der Waals surface area contributed by atoms with Crippen LogP contribution in [0.25, 0.3) is 0 Å². The van der Waals surface area contributed by atoms with Crippen LogP contribution in [0.15, 0.2) is 30.3 Å². The van der Waals surface area contributed by atoms with Crippen LogP contribution in [0.2, 0.25) is 0 Å². The summed E-state index contributed by atoms with van der Waals surface area (Å²) in [5.74, 6) is 1.22. The van der Waals surface area contributed by atoms with Gasteiger partial charge in [0.2, 0.25) is 5.91 Å². The minimum atomic E-state index is 0.0323. The van der Waals surface area contributed by atoms with Crippen LogP contribution in [0.3, 0.4) is 0 Å². The molecule has 0 aliphatic carbocycles. The third-order valence-electron chi connectivity index (χ3n) is 4.89. The second kappa shape index (κ2) is 7.14. The fourth-order valence-electron chi connectivity index (χ4n) is 3.59. The molecule has 0 spiro atoms. The Bertz CT molecular complexity index is 477. The van der Waals surface area contributed by atoms with Gasteiger partial charge in [-0.3, -0.25) is 4.79 Å². The van der Waals surface area contributed by atoms with E-state index in [9.17, 15) is 4.79 Å². The van der Waals surface area contributed by atoms with Crippen LogP contribution < -0.4 is 10.1 Å². The molecule has 3 atom stereocenters. The van der Waals surface area contributed by atoms with Crippen LogP contribution in [0, 0.1) is 5.92 Å². The van der Waals surface area contributed by atoms with Gasteiger partial charge in [0.1, 0.15) is 5.75 Å². The Labute approximate surface area is 132 Å². The average molecular weight is 302 g/mol. The lowest BCUT2D eigenvalue weighted by Gasteiger charge is -2.30. The predicted octanol–water partition coefficient (Wildman–Crippen LogP) is 2.44. The summed E-state index contributed by atoms with van der Waals surface area (Å²) in [7, 11) is 0. The summed E-state index contributed by atoms with van der Waals surface area (Å²) in [6.45, 7) is 4.62. The maximum Gasteiger partial charge on any atom is 0.226 e. The van der Waals surface area contributed by atoms with Crippen molar-refractivity contribution in [3.05, 3.63) is 30.3 Å². The van der Waals surface area contributed by atoms with E-state index in [1.165, 1.54) is 6.42 Å². The quantitative estimate of drug-likeness (QED) is 0.908. The van der Waals surface area contributed by atoms with Gasteiger partial charge in [-0.2, -0.15) is 0 Å². The lowest BCUT2D eigenvalue weighted by molar-refractivity contribution is -0.138. The lowest BCUT2D eigenvalue weighted by Crippen LogP contribution is -2.45. The molecule has 0 radical (unpaired) electrons. The summed E-state index contributed by atoms with van der Waals surface area (Å²) >= 11 is 0. The maximum absolute atomic E-state index is 12.8. The van der Waals surface area contributed by atoms with E-state index in [2.05, 4.69) is 10.2 Å². The van der Waals surface area contributed by atoms with Crippen molar-refractivity contribution in [1.82, 2.24) is 10.2 Å². The number of fused-ring (bicyclic) bond motifs is 2. The average Bonchev–Trinajstić information content (AvgIpc) is 2.80. The molecule has 1 aromatic carbocycles. The zero-order valence-electron chi connectivity index (χ0n) is 13.3. The number of carbonyl (C=O) groups is 1. The molecule has 1 amide bonds. The molecule has 1 aromatic rings. The first kappa shape index (κ1) is 15.3. The van der Waals surface area contributed by atoms with Crippen LogP contribution in [-0.4, -0.2) is 42.6 Å². The van der Waals surface area contributed by atoms with Crippen molar-refractivity contribution in [2.45, 2.75) is 44.7 Å². The van der Waals surface area contributed by atoms with Crippen molar-refractivity contribution in [2.24, 2.45) is 5.92 Å². The number of para-hydroxylation sites is 1. The minimum absolute atomic E-state index is 0.0323. The Hall–Kier alpha value is -1.55. The van der Waals surface area contributed by atoms with E-state index in [4.69, 9.17) is 4.74 Å². The van der Waals surface area contributed by atoms with Crippen LogP contribution in [0.1, 0.15) is 32.6 Å². The van der Waals surface area contributed by atoms with Gasteiger partial charge in [0.25, 0.3) is 0 Å². The molecule has 22 heavy (non-hydrogen) atoms. The summed E-state index contributed by atoms with van der Waals surface area (Å²) in [6.07, 6.45) is 4.19. The number of hydrogen-bond acceptors (Lipinski definition) is 3. The highest BCUT2D eigenvalue weighted by atomic mass is 16.5. The maximum atomic E-state index is 12.8. The van der Waals surface area contributed by atoms with Crippen LogP contribution in [-0.2, 0) is 4.79 Å². The van der Waals surface area contributed by atoms with Crippen LogP contribution in [0.4, 0.5) is 0 Å². The molecular weight excluding hydrogens is 276 g/mol. The van der Waals surface area contributed by atoms with Gasteiger partial charge in [-0.25, -0.2) is 0 Å². The van der Waals surface area contributed by atoms with Gasteiger partial charge in [0.05, 0.1) is 6.61 Å². The fourth-order valence-corrected chi connectivity index (χ4v) is 3.59. The van der Waals surface area contributed by atoms with Gasteiger partial charge in [-0.15, -0.1) is 0 Å². The molecule has 2 bridgehead atoms. The zero-order valence-corrected chi connectivity index (χ0v) is 13.3. The first-order chi connectivity index (χ1) is 10.8. The first-order valence-corrected chi connectivity index (χ1v) is 8.46. The number of ether oxygens (including phenoxy) is 1. The first-order valence-electron chi connectivity index (χ1n) is 8.46. The topological polar surface area (TPSA) is 41.6 Å². The second-order valence-electron chi connectivity index (χ2n) is 6.47. The van der Waals surface area contributed by atoms with E-state index < -0.39 is 0 Å². The summed E-state index contributed by atoms with van der Waals surface area (Å²) < 4.78 is 5.73. The van der Waals surface area contributed by atoms with Gasteiger partial charge in [0.15, 0.2) is 0 Å². The molecule has 2 fully saturated rings. The van der Waals surface area contributed by atoms with E-state index >= 15 is 0 Å². The number of amides is 1. The molecule has 1 N–H and O–H groups in total. The molecule has 3 unspecified atom stereocenters. The van der Waals surface area contributed by atoms with Gasteiger partial charge >= 0.3 is 0 Å². The molecule has 2 aliphatic rings. The Morgan fingerprint density at radius 3 is 2.86 bits per heavy atom. The molecule has 120 valence electrons. The van der Waals surface area contributed by atoms with E-state index in [1.807, 2.05) is 37.3 Å². The Balaban J connectivity index is 1.51. The molecule has 0 aromatic heterocycles. The standard InChI is InChI=1S/C18H26N2O2/c1-14(10-12-22-17-5-3-2-4-6-17)18(21)20-15-7-8-16(20)13-19-11-9-15/h2-6,14-16,19H,7-13H2,1H3. The number of carbonyl (C=O) groups excluding carboxylic acids is 1. The van der Waals surface area contributed by atoms with Crippen molar-refractivity contribution in [3.8, 4) is 5.75 Å². The summed E-state index contributed by atoms with van der Waals surface area (Å²) in [6, 6.07) is 10.7. The number of nitrogens with zero attached hydrogens (tertiary/aromatic N) is 1. The SMILES string of the molecule is CC(CCOc1ccccc1)C(=O)N1C2CCNCC1CC2. The highest BCUT2D eigenvalue weighted by molar-refractivity contribution is 5.79. The normalized spacial score (nSPS) is 25.6. The highest BCUT2D eigenvalue weighted by Gasteiger charge is 2.39. The number of nitrogens with one attached hydrogen (secondary N) is 1. The third-order valence-corrected chi connectivity index (χ3v) is 4.89. The zero-order chi connectivity index (χ0) is 15.4. The van der Waals surface area contributed by atoms with E-state index in [0.717, 1.165) is 38.1 Å². The van der Waals surface area contributed by atoms with Gasteiger partial charge < -0.3 is 15.0 Å². The Morgan fingerprint density at radius 1 is 1.27 bits per heavy atom. The number of hydrogen-bond donors (Lipinski definition) is 1. The van der Waals surface area contributed by atoms with Crippen molar-refractivity contribution in [2.75, 3.05) is 19.7 Å². The predicted molar refractivity (Wildman–Crippen MR) is 86.9 cm³/mol. The number of benzene rings is 1. The Kier molecular flexibility index (Phi) is 4.98. The largest absolute Gasteiger partial charge is 0.494 e. The van der Waals surface area contributed by atoms with Crippen molar-refractivity contribution in [3.63, 3.8) is 0 Å². The summed E-state index contributed by atoms with van der Waals surface area (Å²) in [4.78, 5) is 15.0. The van der Waals surface area contributed by atoms with Crippen molar-refractivity contribution < 1.29 is 9.53 Å². The Morgan fingerprint density at radius 2 is 2.05 bits per heavy atom. The third kappa shape index (κ3) is 3.43. The molecule has 0 saturated carbocycles. The highest BCUT2D eigenvalue weighted by Crippen LogP contribution is 2.30. The molecule has 4 nitrogen and oxygen atoms in total. The fraction of sp³-hybridized carbons (Fsp3) is 0.611. The van der Waals surface area contributed by atoms with E-state index in [-0.39, 0.29) is 5.92 Å². The van der Waals surface area contributed by atoms with Gasteiger partial charge in [-0.1, -0.05) is 25.1 Å². The smallest absolute Gasteiger partial charge is 0.226 e. The van der Waals surface area contributed by atoms with Gasteiger partial charge in [0, 0.05) is 24.5 Å². The molecular formula is C18H26N2O2. The van der Waals surface area contributed by atoms with E-state index in [1.54, 1.807) is 0 Å². The molecule has 2 saturated heterocycles.